The van der Waals surface area contributed by atoms with Gasteiger partial charge in [-0.15, -0.1) is 0 Å². The first-order chi connectivity index (χ1) is 10.5. The second-order valence-electron chi connectivity index (χ2n) is 5.50. The zero-order valence-corrected chi connectivity index (χ0v) is 14.7. The van der Waals surface area contributed by atoms with Gasteiger partial charge in [0.25, 0.3) is 5.91 Å². The highest BCUT2D eigenvalue weighted by Crippen LogP contribution is 2.13. The average molecular weight is 369 g/mol. The van der Waals surface area contributed by atoms with Gasteiger partial charge in [-0.2, -0.15) is 0 Å². The molecule has 22 heavy (non-hydrogen) atoms. The Bertz CT molecular complexity index is 491. The zero-order chi connectivity index (χ0) is 16.4. The van der Waals surface area contributed by atoms with Gasteiger partial charge in [-0.1, -0.05) is 67.4 Å². The topological polar surface area (TPSA) is 72.2 Å². The van der Waals surface area contributed by atoms with Crippen LogP contribution in [-0.4, -0.2) is 17.9 Å². The molecule has 1 atom stereocenters. The molecule has 0 saturated heterocycles. The molecule has 1 aromatic rings. The lowest BCUT2D eigenvalue weighted by Crippen LogP contribution is -2.44. The summed E-state index contributed by atoms with van der Waals surface area (Å²) in [6.45, 7) is 2.18. The lowest BCUT2D eigenvalue weighted by Gasteiger charge is -2.15. The maximum absolute atomic E-state index is 12.1. The maximum atomic E-state index is 12.1. The van der Waals surface area contributed by atoms with Gasteiger partial charge in [-0.25, -0.2) is 0 Å². The summed E-state index contributed by atoms with van der Waals surface area (Å²) in [6, 6.07) is 6.46. The normalized spacial score (nSPS) is 11.9. The number of rotatable bonds is 10. The van der Waals surface area contributed by atoms with E-state index in [1.807, 2.05) is 6.07 Å². The van der Waals surface area contributed by atoms with E-state index < -0.39 is 11.9 Å². The minimum Gasteiger partial charge on any atom is -0.368 e. The number of nitrogens with one attached hydrogen (secondary N) is 1. The predicted octanol–water partition coefficient (Wildman–Crippen LogP) is 3.78. The SMILES string of the molecule is CCCCCCCC[C@H](NC(=O)c1cccc(Br)c1)C(N)=O. The second kappa shape index (κ2) is 10.4. The van der Waals surface area contributed by atoms with Gasteiger partial charge in [-0.05, 0) is 24.6 Å². The molecule has 3 N–H and O–H groups in total. The van der Waals surface area contributed by atoms with E-state index in [0.29, 0.717) is 12.0 Å². The molecule has 0 bridgehead atoms. The molecule has 1 aromatic carbocycles. The number of benzene rings is 1. The van der Waals surface area contributed by atoms with Crippen molar-refractivity contribution in [2.45, 2.75) is 57.9 Å². The van der Waals surface area contributed by atoms with Crippen LogP contribution in [0.3, 0.4) is 0 Å². The largest absolute Gasteiger partial charge is 0.368 e. The Labute approximate surface area is 141 Å². The van der Waals surface area contributed by atoms with Crippen LogP contribution in [0.5, 0.6) is 0 Å². The van der Waals surface area contributed by atoms with E-state index in [-0.39, 0.29) is 5.91 Å². The Hall–Kier alpha value is -1.36. The van der Waals surface area contributed by atoms with Crippen LogP contribution in [0.4, 0.5) is 0 Å². The highest BCUT2D eigenvalue weighted by molar-refractivity contribution is 9.10. The van der Waals surface area contributed by atoms with E-state index in [9.17, 15) is 9.59 Å². The third-order valence-electron chi connectivity index (χ3n) is 3.58. The fourth-order valence-corrected chi connectivity index (χ4v) is 2.68. The Morgan fingerprint density at radius 2 is 1.86 bits per heavy atom. The van der Waals surface area contributed by atoms with Crippen LogP contribution in [0.1, 0.15) is 62.2 Å². The van der Waals surface area contributed by atoms with Crippen LogP contribution in [0.15, 0.2) is 28.7 Å². The summed E-state index contributed by atoms with van der Waals surface area (Å²) in [6.07, 6.45) is 7.42. The molecular formula is C17H25BrN2O2. The number of nitrogens with two attached hydrogens (primary N) is 1. The molecule has 0 radical (unpaired) electrons. The van der Waals surface area contributed by atoms with E-state index in [1.165, 1.54) is 25.7 Å². The molecule has 2 amide bonds. The van der Waals surface area contributed by atoms with E-state index in [0.717, 1.165) is 17.3 Å². The van der Waals surface area contributed by atoms with Gasteiger partial charge < -0.3 is 11.1 Å². The number of amides is 2. The monoisotopic (exact) mass is 368 g/mol. The molecule has 0 saturated carbocycles. The molecule has 5 heteroatoms. The third-order valence-corrected chi connectivity index (χ3v) is 4.08. The predicted molar refractivity (Wildman–Crippen MR) is 92.6 cm³/mol. The van der Waals surface area contributed by atoms with Crippen LogP contribution in [-0.2, 0) is 4.79 Å². The average Bonchev–Trinajstić information content (AvgIpc) is 2.49. The van der Waals surface area contributed by atoms with E-state index in [4.69, 9.17) is 5.73 Å². The molecule has 0 heterocycles. The van der Waals surface area contributed by atoms with Crippen LogP contribution in [0, 0.1) is 0 Å². The molecule has 122 valence electrons. The number of halogens is 1. The first-order valence-corrected chi connectivity index (χ1v) is 8.69. The van der Waals surface area contributed by atoms with Crippen molar-refractivity contribution in [1.82, 2.24) is 5.32 Å². The van der Waals surface area contributed by atoms with Gasteiger partial charge >= 0.3 is 0 Å². The van der Waals surface area contributed by atoms with Gasteiger partial charge in [0.1, 0.15) is 6.04 Å². The molecule has 0 spiro atoms. The van der Waals surface area contributed by atoms with E-state index in [1.54, 1.807) is 18.2 Å². The smallest absolute Gasteiger partial charge is 0.251 e. The number of unbranched alkanes of at least 4 members (excludes halogenated alkanes) is 5. The molecular weight excluding hydrogens is 344 g/mol. The first-order valence-electron chi connectivity index (χ1n) is 7.90. The lowest BCUT2D eigenvalue weighted by molar-refractivity contribution is -0.120. The van der Waals surface area contributed by atoms with Crippen molar-refractivity contribution in [1.29, 1.82) is 0 Å². The minimum atomic E-state index is -0.599. The molecule has 0 unspecified atom stereocenters. The standard InChI is InChI=1S/C17H25BrN2O2/c1-2-3-4-5-6-7-11-15(16(19)21)20-17(22)13-9-8-10-14(18)12-13/h8-10,12,15H,2-7,11H2,1H3,(H2,19,21)(H,20,22)/t15-/m0/s1. The summed E-state index contributed by atoms with van der Waals surface area (Å²) in [4.78, 5) is 23.6. The van der Waals surface area contributed by atoms with Gasteiger partial charge in [0, 0.05) is 10.0 Å². The third kappa shape index (κ3) is 7.07. The quantitative estimate of drug-likeness (QED) is 0.616. The van der Waals surface area contributed by atoms with Crippen LogP contribution >= 0.6 is 15.9 Å². The Kier molecular flexibility index (Phi) is 8.82. The van der Waals surface area contributed by atoms with Crippen molar-refractivity contribution in [3.63, 3.8) is 0 Å². The van der Waals surface area contributed by atoms with Gasteiger partial charge in [0.05, 0.1) is 0 Å². The number of primary amides is 1. The summed E-state index contributed by atoms with van der Waals surface area (Å²) < 4.78 is 0.826. The second-order valence-corrected chi connectivity index (χ2v) is 6.41. The van der Waals surface area contributed by atoms with Crippen molar-refractivity contribution in [3.8, 4) is 0 Å². The van der Waals surface area contributed by atoms with Crippen molar-refractivity contribution in [2.75, 3.05) is 0 Å². The van der Waals surface area contributed by atoms with Crippen molar-refractivity contribution in [3.05, 3.63) is 34.3 Å². The molecule has 4 nitrogen and oxygen atoms in total. The molecule has 0 aromatic heterocycles. The fraction of sp³-hybridized carbons (Fsp3) is 0.529. The summed E-state index contributed by atoms with van der Waals surface area (Å²) in [5, 5.41) is 2.73. The van der Waals surface area contributed by atoms with Crippen molar-refractivity contribution < 1.29 is 9.59 Å². The van der Waals surface area contributed by atoms with Gasteiger partial charge in [-0.3, -0.25) is 9.59 Å². The summed E-state index contributed by atoms with van der Waals surface area (Å²) in [5.41, 5.74) is 5.91. The Morgan fingerprint density at radius 1 is 1.18 bits per heavy atom. The van der Waals surface area contributed by atoms with E-state index in [2.05, 4.69) is 28.2 Å². The lowest BCUT2D eigenvalue weighted by atomic mass is 10.0. The van der Waals surface area contributed by atoms with E-state index >= 15 is 0 Å². The van der Waals surface area contributed by atoms with Crippen molar-refractivity contribution >= 4 is 27.7 Å². The summed E-state index contributed by atoms with van der Waals surface area (Å²) >= 11 is 3.33. The maximum Gasteiger partial charge on any atom is 0.251 e. The van der Waals surface area contributed by atoms with Crippen LogP contribution in [0.25, 0.3) is 0 Å². The highest BCUT2D eigenvalue weighted by atomic mass is 79.9. The molecule has 0 aliphatic carbocycles. The number of hydrogen-bond donors (Lipinski definition) is 2. The molecule has 0 aliphatic heterocycles. The van der Waals surface area contributed by atoms with Crippen LogP contribution < -0.4 is 11.1 Å². The zero-order valence-electron chi connectivity index (χ0n) is 13.1. The number of hydrogen-bond acceptors (Lipinski definition) is 2. The summed E-state index contributed by atoms with van der Waals surface area (Å²) in [5.74, 6) is -0.743. The van der Waals surface area contributed by atoms with Crippen LogP contribution in [0.2, 0.25) is 0 Å². The van der Waals surface area contributed by atoms with Crippen molar-refractivity contribution in [2.24, 2.45) is 5.73 Å². The Balaban J connectivity index is 2.43. The summed E-state index contributed by atoms with van der Waals surface area (Å²) in [7, 11) is 0. The molecule has 1 rings (SSSR count). The minimum absolute atomic E-state index is 0.268. The fourth-order valence-electron chi connectivity index (χ4n) is 2.29. The highest BCUT2D eigenvalue weighted by Gasteiger charge is 2.18. The first kappa shape index (κ1) is 18.7. The van der Waals surface area contributed by atoms with Gasteiger partial charge in [0.2, 0.25) is 5.91 Å². The van der Waals surface area contributed by atoms with Gasteiger partial charge in [0.15, 0.2) is 0 Å². The molecule has 0 fully saturated rings. The number of carbonyl (C=O) groups is 2. The molecule has 0 aliphatic rings. The Morgan fingerprint density at radius 3 is 2.50 bits per heavy atom. The number of carbonyl (C=O) groups excluding carboxylic acids is 2.